The number of nitrogens with one attached hydrogen (secondary N) is 2. The number of hydrogen-bond acceptors (Lipinski definition) is 4. The van der Waals surface area contributed by atoms with Gasteiger partial charge in [0.15, 0.2) is 0 Å². The fourth-order valence-electron chi connectivity index (χ4n) is 2.82. The van der Waals surface area contributed by atoms with Crippen molar-refractivity contribution in [3.05, 3.63) is 82.6 Å². The van der Waals surface area contributed by atoms with Gasteiger partial charge in [-0.1, -0.05) is 29.8 Å². The molecular weight excluding hydrogens is 451 g/mol. The summed E-state index contributed by atoms with van der Waals surface area (Å²) < 4.78 is 69.2. The van der Waals surface area contributed by atoms with Crippen LogP contribution < -0.4 is 9.44 Å². The second-order valence-electron chi connectivity index (χ2n) is 6.58. The summed E-state index contributed by atoms with van der Waals surface area (Å²) in [6, 6.07) is 13.8. The number of rotatable bonds is 6. The quantitative estimate of drug-likeness (QED) is 0.548. The van der Waals surface area contributed by atoms with Crippen LogP contribution in [0.5, 0.6) is 0 Å². The molecule has 6 nitrogen and oxygen atoms in total. The molecule has 0 atom stereocenters. The monoisotopic (exact) mass is 468 g/mol. The van der Waals surface area contributed by atoms with Gasteiger partial charge in [-0.05, 0) is 67.4 Å². The highest BCUT2D eigenvalue weighted by Crippen LogP contribution is 2.28. The lowest BCUT2D eigenvalue weighted by Gasteiger charge is -2.14. The fourth-order valence-corrected chi connectivity index (χ4v) is 5.69. The van der Waals surface area contributed by atoms with Crippen molar-refractivity contribution in [2.24, 2.45) is 0 Å². The Morgan fingerprint density at radius 2 is 1.43 bits per heavy atom. The van der Waals surface area contributed by atoms with Crippen LogP contribution in [0.15, 0.2) is 70.5 Å². The maximum atomic E-state index is 13.3. The zero-order chi connectivity index (χ0) is 22.1. The van der Waals surface area contributed by atoms with Crippen LogP contribution in [0.2, 0.25) is 5.02 Å². The van der Waals surface area contributed by atoms with Gasteiger partial charge in [0.05, 0.1) is 26.2 Å². The highest BCUT2D eigenvalue weighted by atomic mass is 35.5. The minimum absolute atomic E-state index is 0.0452. The third-order valence-electron chi connectivity index (χ3n) is 4.27. The lowest BCUT2D eigenvalue weighted by Crippen LogP contribution is -2.17. The van der Waals surface area contributed by atoms with E-state index in [9.17, 15) is 21.2 Å². The van der Waals surface area contributed by atoms with Gasteiger partial charge in [-0.25, -0.2) is 21.2 Å². The zero-order valence-corrected chi connectivity index (χ0v) is 18.4. The maximum absolute atomic E-state index is 13.3. The molecule has 3 aromatic carbocycles. The first-order valence-corrected chi connectivity index (χ1v) is 12.0. The average molecular weight is 469 g/mol. The van der Waals surface area contributed by atoms with Crippen LogP contribution in [0.3, 0.4) is 0 Å². The van der Waals surface area contributed by atoms with Crippen molar-refractivity contribution in [2.45, 2.75) is 23.6 Å². The lowest BCUT2D eigenvalue weighted by atomic mass is 10.2. The fraction of sp³-hybridized carbons (Fsp3) is 0.100. The van der Waals surface area contributed by atoms with E-state index in [0.29, 0.717) is 5.56 Å². The smallest absolute Gasteiger partial charge is 0.262 e. The molecular formula is C20H18ClFN2O4S2. The molecule has 0 aliphatic heterocycles. The van der Waals surface area contributed by atoms with Crippen LogP contribution in [-0.4, -0.2) is 16.8 Å². The molecule has 0 amide bonds. The molecule has 0 heterocycles. The minimum Gasteiger partial charge on any atom is -0.280 e. The first-order chi connectivity index (χ1) is 14.0. The molecule has 10 heteroatoms. The van der Waals surface area contributed by atoms with Crippen molar-refractivity contribution in [1.29, 1.82) is 0 Å². The summed E-state index contributed by atoms with van der Waals surface area (Å²) in [6.07, 6.45) is 0. The Morgan fingerprint density at radius 1 is 0.767 bits per heavy atom. The average Bonchev–Trinajstić information content (AvgIpc) is 2.64. The molecule has 0 unspecified atom stereocenters. The van der Waals surface area contributed by atoms with Crippen molar-refractivity contribution in [3.63, 3.8) is 0 Å². The van der Waals surface area contributed by atoms with Crippen molar-refractivity contribution < 1.29 is 21.2 Å². The van der Waals surface area contributed by atoms with E-state index in [1.165, 1.54) is 31.2 Å². The molecule has 2 N–H and O–H groups in total. The molecule has 0 radical (unpaired) electrons. The van der Waals surface area contributed by atoms with Gasteiger partial charge in [0.2, 0.25) is 0 Å². The number of hydrogen-bond donors (Lipinski definition) is 2. The Kier molecular flexibility index (Phi) is 6.07. The Hall–Kier alpha value is -2.62. The molecule has 3 rings (SSSR count). The molecule has 0 aliphatic carbocycles. The van der Waals surface area contributed by atoms with Crippen LogP contribution in [0, 0.1) is 19.7 Å². The van der Waals surface area contributed by atoms with Gasteiger partial charge < -0.3 is 0 Å². The van der Waals surface area contributed by atoms with E-state index in [1.807, 2.05) is 0 Å². The van der Waals surface area contributed by atoms with Crippen LogP contribution in [0.4, 0.5) is 15.8 Å². The number of aryl methyl sites for hydroxylation is 2. The van der Waals surface area contributed by atoms with Crippen LogP contribution >= 0.6 is 11.6 Å². The highest BCUT2D eigenvalue weighted by Gasteiger charge is 2.22. The van der Waals surface area contributed by atoms with Crippen LogP contribution in [-0.2, 0) is 20.0 Å². The molecule has 3 aromatic rings. The SMILES string of the molecule is Cc1cc(F)ccc1S(=O)(=O)Nc1ccc(C)c(S(=O)(=O)Nc2ccccc2Cl)c1. The Labute approximate surface area is 179 Å². The molecule has 30 heavy (non-hydrogen) atoms. The molecule has 0 aromatic heterocycles. The number of para-hydroxylation sites is 1. The Bertz CT molecular complexity index is 1330. The summed E-state index contributed by atoms with van der Waals surface area (Å²) in [6.45, 7) is 3.06. The normalized spacial score (nSPS) is 11.9. The molecule has 158 valence electrons. The van der Waals surface area contributed by atoms with Gasteiger partial charge in [-0.2, -0.15) is 0 Å². The zero-order valence-electron chi connectivity index (χ0n) is 16.0. The summed E-state index contributed by atoms with van der Waals surface area (Å²) in [5, 5.41) is 0.224. The van der Waals surface area contributed by atoms with Crippen molar-refractivity contribution in [1.82, 2.24) is 0 Å². The maximum Gasteiger partial charge on any atom is 0.262 e. The van der Waals surface area contributed by atoms with E-state index in [0.717, 1.165) is 18.2 Å². The predicted molar refractivity (Wildman–Crippen MR) is 115 cm³/mol. The highest BCUT2D eigenvalue weighted by molar-refractivity contribution is 7.93. The largest absolute Gasteiger partial charge is 0.280 e. The van der Waals surface area contributed by atoms with E-state index in [2.05, 4.69) is 9.44 Å². The third-order valence-corrected chi connectivity index (χ3v) is 7.65. The molecule has 0 fully saturated rings. The Balaban J connectivity index is 1.96. The Morgan fingerprint density at radius 3 is 2.10 bits per heavy atom. The summed E-state index contributed by atoms with van der Waals surface area (Å²) in [5.41, 5.74) is 0.883. The molecule has 0 aliphatic rings. The van der Waals surface area contributed by atoms with Crippen molar-refractivity contribution in [2.75, 3.05) is 9.44 Å². The summed E-state index contributed by atoms with van der Waals surface area (Å²) in [5.74, 6) is -0.555. The van der Waals surface area contributed by atoms with E-state index in [1.54, 1.807) is 25.1 Å². The number of anilines is 2. The molecule has 0 saturated carbocycles. The van der Waals surface area contributed by atoms with Gasteiger partial charge in [0, 0.05) is 0 Å². The topological polar surface area (TPSA) is 92.3 Å². The van der Waals surface area contributed by atoms with Crippen molar-refractivity contribution in [3.8, 4) is 0 Å². The van der Waals surface area contributed by atoms with Crippen molar-refractivity contribution >= 4 is 43.0 Å². The molecule has 0 bridgehead atoms. The summed E-state index contributed by atoms with van der Waals surface area (Å²) >= 11 is 6.02. The third kappa shape index (κ3) is 4.75. The van der Waals surface area contributed by atoms with Crippen LogP contribution in [0.1, 0.15) is 11.1 Å². The van der Waals surface area contributed by atoms with Gasteiger partial charge in [0.1, 0.15) is 5.82 Å². The second-order valence-corrected chi connectivity index (χ2v) is 10.3. The van der Waals surface area contributed by atoms with Gasteiger partial charge in [0.25, 0.3) is 20.0 Å². The lowest BCUT2D eigenvalue weighted by molar-refractivity contribution is 0.596. The van der Waals surface area contributed by atoms with E-state index < -0.39 is 25.9 Å². The second kappa shape index (κ2) is 8.25. The number of benzene rings is 3. The predicted octanol–water partition coefficient (Wildman–Crippen LogP) is 4.70. The molecule has 0 saturated heterocycles. The number of halogens is 2. The standard InChI is InChI=1S/C20H18ClFN2O4S2/c1-13-7-9-16(23-29(25,26)19-10-8-15(22)11-14(19)2)12-20(13)30(27,28)24-18-6-4-3-5-17(18)21/h3-12,23-24H,1-2H3. The van der Waals surface area contributed by atoms with E-state index in [-0.39, 0.29) is 31.8 Å². The van der Waals surface area contributed by atoms with Gasteiger partial charge >= 0.3 is 0 Å². The van der Waals surface area contributed by atoms with E-state index >= 15 is 0 Å². The number of sulfonamides is 2. The van der Waals surface area contributed by atoms with Gasteiger partial charge in [-0.3, -0.25) is 9.44 Å². The van der Waals surface area contributed by atoms with Crippen LogP contribution in [0.25, 0.3) is 0 Å². The summed E-state index contributed by atoms with van der Waals surface area (Å²) in [4.78, 5) is -0.221. The van der Waals surface area contributed by atoms with Gasteiger partial charge in [-0.15, -0.1) is 0 Å². The minimum atomic E-state index is -4.05. The molecule has 0 spiro atoms. The summed E-state index contributed by atoms with van der Waals surface area (Å²) in [7, 11) is -8.10. The first-order valence-electron chi connectivity index (χ1n) is 8.66. The first kappa shape index (κ1) is 22.1. The van der Waals surface area contributed by atoms with E-state index in [4.69, 9.17) is 11.6 Å².